The van der Waals surface area contributed by atoms with Crippen LogP contribution in [-0.2, 0) is 18.3 Å². The van der Waals surface area contributed by atoms with Crippen LogP contribution in [0.4, 0.5) is 0 Å². The Kier molecular flexibility index (Phi) is 5.55. The van der Waals surface area contributed by atoms with Crippen LogP contribution in [0, 0.1) is 6.92 Å². The van der Waals surface area contributed by atoms with Gasteiger partial charge < -0.3 is 0 Å². The van der Waals surface area contributed by atoms with Gasteiger partial charge in [0.15, 0.2) is 0 Å². The quantitative estimate of drug-likeness (QED) is 0.212. The lowest BCUT2D eigenvalue weighted by Gasteiger charge is -2.30. The minimum Gasteiger partial charge on any atom is -0.0687 e. The standard InChI is InChI=1S/C40H35B/c1-26-13-18-32-27(23-26)14-19-35-33-21-16-30(24-28(33)15-20-34(32)35)41(29-9-5-4-6-10-29)31-17-22-37-36-11-7-8-12-38(36)40(2,3)39(37)25-31/h4-13,16-18,21-25H,14-15,19-20H2,1-3H3. The number of hydrogen-bond acceptors (Lipinski definition) is 0. The van der Waals surface area contributed by atoms with Gasteiger partial charge >= 0.3 is 0 Å². The monoisotopic (exact) mass is 526 g/mol. The summed E-state index contributed by atoms with van der Waals surface area (Å²) in [5.41, 5.74) is 20.4. The molecule has 8 rings (SSSR count). The fourth-order valence-electron chi connectivity index (χ4n) is 8.06. The van der Waals surface area contributed by atoms with Gasteiger partial charge in [0.25, 0.3) is 0 Å². The highest BCUT2D eigenvalue weighted by Crippen LogP contribution is 2.48. The van der Waals surface area contributed by atoms with Gasteiger partial charge in [0.05, 0.1) is 0 Å². The van der Waals surface area contributed by atoms with Gasteiger partial charge in [0.2, 0.25) is 6.71 Å². The summed E-state index contributed by atoms with van der Waals surface area (Å²) < 4.78 is 0. The molecule has 3 aliphatic carbocycles. The average Bonchev–Trinajstić information content (AvgIpc) is 3.23. The second kappa shape index (κ2) is 9.21. The van der Waals surface area contributed by atoms with E-state index in [0.717, 1.165) is 25.7 Å². The van der Waals surface area contributed by atoms with Crippen LogP contribution in [0.2, 0.25) is 0 Å². The summed E-state index contributed by atoms with van der Waals surface area (Å²) in [7, 11) is 0. The molecule has 0 atom stereocenters. The topological polar surface area (TPSA) is 0 Å². The smallest absolute Gasteiger partial charge is 0.0687 e. The maximum absolute atomic E-state index is 2.54. The molecule has 0 aromatic heterocycles. The first-order chi connectivity index (χ1) is 20.0. The van der Waals surface area contributed by atoms with Crippen LogP contribution >= 0.6 is 0 Å². The van der Waals surface area contributed by atoms with Crippen LogP contribution < -0.4 is 16.4 Å². The molecule has 0 spiro atoms. The average molecular weight is 527 g/mol. The summed E-state index contributed by atoms with van der Waals surface area (Å²) >= 11 is 0. The summed E-state index contributed by atoms with van der Waals surface area (Å²) in [4.78, 5) is 0. The minimum absolute atomic E-state index is 0.00227. The molecule has 0 fully saturated rings. The number of allylic oxidation sites excluding steroid dienone is 2. The minimum atomic E-state index is -0.00227. The second-order valence-electron chi connectivity index (χ2n) is 12.9. The molecule has 0 saturated heterocycles. The van der Waals surface area contributed by atoms with Crippen LogP contribution in [0.1, 0.15) is 65.6 Å². The zero-order valence-corrected chi connectivity index (χ0v) is 24.3. The Labute approximate surface area is 244 Å². The summed E-state index contributed by atoms with van der Waals surface area (Å²) in [6, 6.07) is 41.8. The molecule has 0 radical (unpaired) electrons. The summed E-state index contributed by atoms with van der Waals surface area (Å²) in [6.45, 7) is 7.18. The van der Waals surface area contributed by atoms with Gasteiger partial charge in [-0.25, -0.2) is 0 Å². The Balaban J connectivity index is 1.24. The number of fused-ring (bicyclic) bond motifs is 7. The number of aryl methyl sites for hydroxylation is 3. The van der Waals surface area contributed by atoms with E-state index in [1.165, 1.54) is 66.5 Å². The molecule has 198 valence electrons. The van der Waals surface area contributed by atoms with E-state index in [9.17, 15) is 0 Å². The van der Waals surface area contributed by atoms with E-state index in [2.05, 4.69) is 130 Å². The van der Waals surface area contributed by atoms with E-state index in [1.807, 2.05) is 0 Å². The van der Waals surface area contributed by atoms with E-state index in [-0.39, 0.29) is 12.1 Å². The van der Waals surface area contributed by atoms with Crippen molar-refractivity contribution in [3.05, 3.63) is 148 Å². The first kappa shape index (κ1) is 24.7. The van der Waals surface area contributed by atoms with Crippen molar-refractivity contribution >= 4 is 34.2 Å². The van der Waals surface area contributed by atoms with Gasteiger partial charge in [0.1, 0.15) is 0 Å². The third kappa shape index (κ3) is 3.82. The van der Waals surface area contributed by atoms with E-state index in [0.29, 0.717) is 0 Å². The molecule has 5 aromatic carbocycles. The van der Waals surface area contributed by atoms with Crippen molar-refractivity contribution in [2.24, 2.45) is 0 Å². The van der Waals surface area contributed by atoms with Gasteiger partial charge in [0, 0.05) is 5.41 Å². The molecule has 0 amide bonds. The highest BCUT2D eigenvalue weighted by atomic mass is 14.4. The van der Waals surface area contributed by atoms with Crippen LogP contribution in [0.15, 0.2) is 109 Å². The van der Waals surface area contributed by atoms with Crippen LogP contribution in [-0.4, -0.2) is 6.71 Å². The Morgan fingerprint density at radius 3 is 1.83 bits per heavy atom. The summed E-state index contributed by atoms with van der Waals surface area (Å²) in [5, 5.41) is 0. The number of benzene rings is 5. The third-order valence-electron chi connectivity index (χ3n) is 10.1. The molecule has 0 aliphatic heterocycles. The normalized spacial score (nSPS) is 15.9. The molecule has 0 unspecified atom stereocenters. The van der Waals surface area contributed by atoms with E-state index >= 15 is 0 Å². The Hall–Kier alpha value is -4.10. The van der Waals surface area contributed by atoms with Crippen molar-refractivity contribution in [2.45, 2.75) is 51.9 Å². The first-order valence-corrected chi connectivity index (χ1v) is 15.2. The lowest BCUT2D eigenvalue weighted by atomic mass is 9.36. The molecule has 0 nitrogen and oxygen atoms in total. The fourth-order valence-corrected chi connectivity index (χ4v) is 8.06. The molecule has 0 N–H and O–H groups in total. The Bertz CT molecular complexity index is 1870. The van der Waals surface area contributed by atoms with Crippen molar-refractivity contribution in [3.8, 4) is 11.1 Å². The summed E-state index contributed by atoms with van der Waals surface area (Å²) in [6.07, 6.45) is 4.56. The SMILES string of the molecule is Cc1ccc2c(c1)CCC1=C2CCc2cc(B(c3ccccc3)c3ccc4c(c3)C(C)(C)c3ccccc3-4)ccc21. The fraction of sp³-hybridized carbons (Fsp3) is 0.200. The molecule has 0 bridgehead atoms. The van der Waals surface area contributed by atoms with Gasteiger partial charge in [-0.05, 0) is 88.3 Å². The zero-order chi connectivity index (χ0) is 27.7. The lowest BCUT2D eigenvalue weighted by molar-refractivity contribution is 0.661. The molecule has 1 heteroatoms. The molecule has 5 aromatic rings. The van der Waals surface area contributed by atoms with Crippen molar-refractivity contribution < 1.29 is 0 Å². The molecule has 0 saturated carbocycles. The van der Waals surface area contributed by atoms with Crippen LogP contribution in [0.5, 0.6) is 0 Å². The summed E-state index contributed by atoms with van der Waals surface area (Å²) in [5.74, 6) is 0. The number of rotatable bonds is 3. The predicted molar refractivity (Wildman–Crippen MR) is 176 cm³/mol. The largest absolute Gasteiger partial charge is 0.241 e. The Morgan fingerprint density at radius 1 is 0.488 bits per heavy atom. The van der Waals surface area contributed by atoms with Crippen molar-refractivity contribution in [2.75, 3.05) is 0 Å². The maximum Gasteiger partial charge on any atom is 0.241 e. The predicted octanol–water partition coefficient (Wildman–Crippen LogP) is 7.62. The zero-order valence-electron chi connectivity index (χ0n) is 24.3. The molecule has 3 aliphatic rings. The van der Waals surface area contributed by atoms with Gasteiger partial charge in [-0.2, -0.15) is 0 Å². The van der Waals surface area contributed by atoms with Crippen molar-refractivity contribution in [1.82, 2.24) is 0 Å². The molecular weight excluding hydrogens is 491 g/mol. The molecule has 0 heterocycles. The highest BCUT2D eigenvalue weighted by Gasteiger charge is 2.36. The van der Waals surface area contributed by atoms with E-state index in [4.69, 9.17) is 0 Å². The maximum atomic E-state index is 2.54. The van der Waals surface area contributed by atoms with Crippen LogP contribution in [0.25, 0.3) is 22.3 Å². The van der Waals surface area contributed by atoms with E-state index in [1.54, 1.807) is 11.1 Å². The van der Waals surface area contributed by atoms with Gasteiger partial charge in [-0.3, -0.25) is 0 Å². The highest BCUT2D eigenvalue weighted by molar-refractivity contribution is 6.95. The van der Waals surface area contributed by atoms with Crippen LogP contribution in [0.3, 0.4) is 0 Å². The van der Waals surface area contributed by atoms with Crippen molar-refractivity contribution in [1.29, 1.82) is 0 Å². The Morgan fingerprint density at radius 2 is 1.07 bits per heavy atom. The molecule has 41 heavy (non-hydrogen) atoms. The second-order valence-corrected chi connectivity index (χ2v) is 12.9. The lowest BCUT2D eigenvalue weighted by Crippen LogP contribution is -2.52. The molecular formula is C40H35B. The van der Waals surface area contributed by atoms with Gasteiger partial charge in [-0.15, -0.1) is 0 Å². The third-order valence-corrected chi connectivity index (χ3v) is 10.1. The van der Waals surface area contributed by atoms with Crippen molar-refractivity contribution in [3.63, 3.8) is 0 Å². The number of hydrogen-bond donors (Lipinski definition) is 0. The van der Waals surface area contributed by atoms with Gasteiger partial charge in [-0.1, -0.05) is 145 Å². The van der Waals surface area contributed by atoms with E-state index < -0.39 is 0 Å². The first-order valence-electron chi connectivity index (χ1n) is 15.2.